The largest absolute Gasteiger partial charge is 0.508 e. The lowest BCUT2D eigenvalue weighted by atomic mass is 9.96. The van der Waals surface area contributed by atoms with Crippen molar-refractivity contribution < 1.29 is 28.5 Å². The van der Waals surface area contributed by atoms with Crippen molar-refractivity contribution in [1.29, 1.82) is 5.26 Å². The van der Waals surface area contributed by atoms with E-state index < -0.39 is 35.9 Å². The van der Waals surface area contributed by atoms with Crippen LogP contribution in [0.2, 0.25) is 0 Å². The number of aromatic nitrogens is 3. The first-order valence-electron chi connectivity index (χ1n) is 9.62. The highest BCUT2D eigenvalue weighted by molar-refractivity contribution is 5.65. The number of anilines is 1. The van der Waals surface area contributed by atoms with E-state index in [1.165, 1.54) is 6.33 Å². The van der Waals surface area contributed by atoms with Gasteiger partial charge in [0.15, 0.2) is 11.6 Å². The molecular formula is C19H23N5O6. The van der Waals surface area contributed by atoms with Crippen molar-refractivity contribution in [2.75, 3.05) is 18.9 Å². The Morgan fingerprint density at radius 1 is 1.33 bits per heavy atom. The Morgan fingerprint density at radius 2 is 2.13 bits per heavy atom. The number of hydrogen-bond acceptors (Lipinski definition) is 10. The minimum atomic E-state index is -1.59. The van der Waals surface area contributed by atoms with Gasteiger partial charge in [-0.2, -0.15) is 10.4 Å². The average molecular weight is 417 g/mol. The molecule has 0 bridgehead atoms. The first-order valence-corrected chi connectivity index (χ1v) is 9.62. The van der Waals surface area contributed by atoms with Gasteiger partial charge in [0.25, 0.3) is 0 Å². The zero-order chi connectivity index (χ0) is 21.5. The third kappa shape index (κ3) is 3.32. The zero-order valence-corrected chi connectivity index (χ0v) is 16.9. The van der Waals surface area contributed by atoms with Crippen LogP contribution in [0.15, 0.2) is 18.5 Å². The van der Waals surface area contributed by atoms with E-state index in [1.54, 1.807) is 30.5 Å². The van der Waals surface area contributed by atoms with E-state index in [4.69, 9.17) is 29.4 Å². The average Bonchev–Trinajstić information content (AvgIpc) is 3.36. The molecular weight excluding hydrogens is 394 g/mol. The molecule has 2 aliphatic heterocycles. The molecule has 4 heterocycles. The Kier molecular flexibility index (Phi) is 5.01. The van der Waals surface area contributed by atoms with Crippen LogP contribution in [0.4, 0.5) is 10.6 Å². The molecule has 0 amide bonds. The van der Waals surface area contributed by atoms with Gasteiger partial charge in [-0.05, 0) is 32.4 Å². The van der Waals surface area contributed by atoms with Crippen molar-refractivity contribution in [3.63, 3.8) is 0 Å². The van der Waals surface area contributed by atoms with E-state index in [1.807, 2.05) is 6.92 Å². The van der Waals surface area contributed by atoms with Crippen LogP contribution in [-0.2, 0) is 23.7 Å². The van der Waals surface area contributed by atoms with Crippen molar-refractivity contribution in [2.24, 2.45) is 0 Å². The summed E-state index contributed by atoms with van der Waals surface area (Å²) >= 11 is 0. The summed E-state index contributed by atoms with van der Waals surface area (Å²) in [6.45, 7) is 5.21. The second kappa shape index (κ2) is 7.39. The Balaban J connectivity index is 1.67. The van der Waals surface area contributed by atoms with E-state index in [-0.39, 0.29) is 13.2 Å². The standard InChI is InChI=1S/C19H23N5O6/c1-4-7-26-17(25)27-9-19(8-20)15-14(28-18(2,3)30-15)13(29-19)11-5-6-12-16(21)22-10-23-24(11)12/h5-6,10,13-15H,4,7,9H2,1-3H3,(H2,21,22,23)/t13-,14?,15?,19+/m0/s1. The van der Waals surface area contributed by atoms with Crippen molar-refractivity contribution in [3.8, 4) is 6.07 Å². The summed E-state index contributed by atoms with van der Waals surface area (Å²) < 4.78 is 29.9. The van der Waals surface area contributed by atoms with Crippen LogP contribution < -0.4 is 5.73 Å². The lowest BCUT2D eigenvalue weighted by Gasteiger charge is -2.28. The first-order chi connectivity index (χ1) is 14.3. The molecule has 2 aromatic rings. The topological polar surface area (TPSA) is 143 Å². The second-order valence-corrected chi connectivity index (χ2v) is 7.65. The van der Waals surface area contributed by atoms with Crippen molar-refractivity contribution in [3.05, 3.63) is 24.2 Å². The van der Waals surface area contributed by atoms with Crippen LogP contribution >= 0.6 is 0 Å². The molecule has 4 atom stereocenters. The SMILES string of the molecule is CCCOC(=O)OC[C@@]1(C#N)O[C@@H](c2ccc3c(N)ncnn23)C2OC(C)(C)OC21. The quantitative estimate of drug-likeness (QED) is 0.714. The number of nitrogen functional groups attached to an aromatic ring is 1. The summed E-state index contributed by atoms with van der Waals surface area (Å²) in [5.41, 5.74) is 5.55. The van der Waals surface area contributed by atoms with E-state index in [0.29, 0.717) is 23.4 Å². The molecule has 4 rings (SSSR count). The van der Waals surface area contributed by atoms with E-state index >= 15 is 0 Å². The monoisotopic (exact) mass is 417 g/mol. The van der Waals surface area contributed by atoms with Gasteiger partial charge < -0.3 is 29.4 Å². The van der Waals surface area contributed by atoms with Crippen LogP contribution in [0, 0.1) is 11.3 Å². The van der Waals surface area contributed by atoms with Gasteiger partial charge in [-0.25, -0.2) is 14.3 Å². The number of carbonyl (C=O) groups is 1. The molecule has 2 fully saturated rings. The maximum Gasteiger partial charge on any atom is 0.508 e. The summed E-state index contributed by atoms with van der Waals surface area (Å²) in [4.78, 5) is 15.8. The predicted molar refractivity (Wildman–Crippen MR) is 101 cm³/mol. The normalized spacial score (nSPS) is 29.5. The maximum atomic E-state index is 11.8. The fraction of sp³-hybridized carbons (Fsp3) is 0.579. The molecule has 2 saturated heterocycles. The highest BCUT2D eigenvalue weighted by Gasteiger charge is 2.65. The summed E-state index contributed by atoms with van der Waals surface area (Å²) in [5.74, 6) is -0.647. The summed E-state index contributed by atoms with van der Waals surface area (Å²) in [6, 6.07) is 5.66. The molecule has 2 N–H and O–H groups in total. The molecule has 2 aliphatic rings. The van der Waals surface area contributed by atoms with Crippen LogP contribution in [-0.4, -0.2) is 57.6 Å². The number of ether oxygens (including phenoxy) is 5. The third-order valence-electron chi connectivity index (χ3n) is 5.04. The number of carbonyl (C=O) groups excluding carboxylic acids is 1. The molecule has 11 heteroatoms. The van der Waals surface area contributed by atoms with Gasteiger partial charge in [0, 0.05) is 0 Å². The smallest absolute Gasteiger partial charge is 0.434 e. The van der Waals surface area contributed by atoms with Gasteiger partial charge >= 0.3 is 6.16 Å². The van der Waals surface area contributed by atoms with Gasteiger partial charge in [0.2, 0.25) is 5.60 Å². The molecule has 2 aromatic heterocycles. The van der Waals surface area contributed by atoms with Gasteiger partial charge in [-0.1, -0.05) is 6.92 Å². The Morgan fingerprint density at radius 3 is 2.87 bits per heavy atom. The molecule has 11 nitrogen and oxygen atoms in total. The van der Waals surface area contributed by atoms with Gasteiger partial charge in [-0.15, -0.1) is 0 Å². The van der Waals surface area contributed by atoms with Gasteiger partial charge in [-0.3, -0.25) is 0 Å². The van der Waals surface area contributed by atoms with Crippen LogP contribution in [0.1, 0.15) is 39.0 Å². The predicted octanol–water partition coefficient (Wildman–Crippen LogP) is 1.73. The fourth-order valence-electron chi connectivity index (χ4n) is 3.78. The highest BCUT2D eigenvalue weighted by atomic mass is 16.8. The fourth-order valence-corrected chi connectivity index (χ4v) is 3.78. The van der Waals surface area contributed by atoms with E-state index in [2.05, 4.69) is 16.2 Å². The number of rotatable bonds is 5. The molecule has 30 heavy (non-hydrogen) atoms. The molecule has 160 valence electrons. The van der Waals surface area contributed by atoms with Crippen molar-refractivity contribution in [1.82, 2.24) is 14.6 Å². The molecule has 0 saturated carbocycles. The van der Waals surface area contributed by atoms with Crippen LogP contribution in [0.5, 0.6) is 0 Å². The lowest BCUT2D eigenvalue weighted by molar-refractivity contribution is -0.205. The number of nitrogens with two attached hydrogens (primary N) is 1. The Bertz CT molecular complexity index is 1000. The Labute approximate surface area is 172 Å². The third-order valence-corrected chi connectivity index (χ3v) is 5.04. The molecule has 2 unspecified atom stereocenters. The molecule has 0 spiro atoms. The van der Waals surface area contributed by atoms with Crippen molar-refractivity contribution >= 4 is 17.5 Å². The number of nitrogens with zero attached hydrogens (tertiary/aromatic N) is 4. The van der Waals surface area contributed by atoms with E-state index in [9.17, 15) is 10.1 Å². The number of nitriles is 1. The number of fused-ring (bicyclic) bond motifs is 2. The minimum absolute atomic E-state index is 0.220. The van der Waals surface area contributed by atoms with Gasteiger partial charge in [0.1, 0.15) is 42.8 Å². The maximum absolute atomic E-state index is 11.8. The van der Waals surface area contributed by atoms with Gasteiger partial charge in [0.05, 0.1) is 12.3 Å². The summed E-state index contributed by atoms with van der Waals surface area (Å²) in [7, 11) is 0. The molecule has 0 aliphatic carbocycles. The van der Waals surface area contributed by atoms with Crippen molar-refractivity contribution in [2.45, 2.75) is 56.9 Å². The second-order valence-electron chi connectivity index (χ2n) is 7.65. The molecule has 0 aromatic carbocycles. The Hall–Kier alpha value is -2.94. The van der Waals surface area contributed by atoms with Crippen LogP contribution in [0.3, 0.4) is 0 Å². The van der Waals surface area contributed by atoms with E-state index in [0.717, 1.165) is 0 Å². The first kappa shape index (κ1) is 20.3. The van der Waals surface area contributed by atoms with Crippen LogP contribution in [0.25, 0.3) is 5.52 Å². The lowest BCUT2D eigenvalue weighted by Crippen LogP contribution is -2.46. The zero-order valence-electron chi connectivity index (χ0n) is 16.9. The number of hydrogen-bond donors (Lipinski definition) is 1. The summed E-state index contributed by atoms with van der Waals surface area (Å²) in [5, 5.41) is 14.2. The highest BCUT2D eigenvalue weighted by Crippen LogP contribution is 2.50. The summed E-state index contributed by atoms with van der Waals surface area (Å²) in [6.07, 6.45) is -1.04. The minimum Gasteiger partial charge on any atom is -0.434 e. The molecule has 0 radical (unpaired) electrons.